The third kappa shape index (κ3) is 5.38. The average Bonchev–Trinajstić information content (AvgIpc) is 3.36. The highest BCUT2D eigenvalue weighted by atomic mass is 16.2. The van der Waals surface area contributed by atoms with E-state index in [0.717, 1.165) is 54.3 Å². The summed E-state index contributed by atoms with van der Waals surface area (Å²) in [6.07, 6.45) is 8.96. The lowest BCUT2D eigenvalue weighted by molar-refractivity contribution is -0.127. The molecule has 1 aliphatic carbocycles. The summed E-state index contributed by atoms with van der Waals surface area (Å²) in [5.41, 5.74) is 3.36. The summed E-state index contributed by atoms with van der Waals surface area (Å²) in [7, 11) is 1.72. The Labute approximate surface area is 212 Å². The van der Waals surface area contributed by atoms with Crippen molar-refractivity contribution in [2.45, 2.75) is 70.4 Å². The lowest BCUT2D eigenvalue weighted by Crippen LogP contribution is -2.53. The Morgan fingerprint density at radius 1 is 1.17 bits per heavy atom. The van der Waals surface area contributed by atoms with E-state index in [2.05, 4.69) is 25.6 Å². The van der Waals surface area contributed by atoms with Gasteiger partial charge in [0.05, 0.1) is 29.2 Å². The molecule has 190 valence electrons. The Morgan fingerprint density at radius 2 is 1.92 bits per heavy atom. The number of rotatable bonds is 10. The number of amides is 1. The summed E-state index contributed by atoms with van der Waals surface area (Å²) in [5, 5.41) is 15.9. The van der Waals surface area contributed by atoms with Crippen molar-refractivity contribution in [1.82, 2.24) is 25.6 Å². The molecule has 0 radical (unpaired) electrons. The van der Waals surface area contributed by atoms with E-state index in [4.69, 9.17) is 5.41 Å². The van der Waals surface area contributed by atoms with E-state index in [-0.39, 0.29) is 23.3 Å². The van der Waals surface area contributed by atoms with E-state index in [9.17, 15) is 9.59 Å². The minimum atomic E-state index is -0.690. The zero-order valence-corrected chi connectivity index (χ0v) is 21.3. The van der Waals surface area contributed by atoms with Gasteiger partial charge in [0.2, 0.25) is 5.91 Å². The smallest absolute Gasteiger partial charge is 0.237 e. The molecule has 8 nitrogen and oxygen atoms in total. The molecule has 1 amide bonds. The van der Waals surface area contributed by atoms with Gasteiger partial charge in [0, 0.05) is 28.6 Å². The molecule has 0 spiro atoms. The molecule has 1 aliphatic rings. The first-order chi connectivity index (χ1) is 17.4. The number of likely N-dealkylation sites (N-methyl/N-ethyl adjacent to an activating group) is 1. The molecule has 2 heterocycles. The van der Waals surface area contributed by atoms with Crippen molar-refractivity contribution >= 4 is 28.3 Å². The van der Waals surface area contributed by atoms with E-state index >= 15 is 0 Å². The zero-order valence-electron chi connectivity index (χ0n) is 21.3. The lowest BCUT2D eigenvalue weighted by Gasteiger charge is -2.31. The van der Waals surface area contributed by atoms with Gasteiger partial charge in [-0.1, -0.05) is 44.4 Å². The number of fused-ring (bicyclic) bond motifs is 1. The van der Waals surface area contributed by atoms with E-state index in [1.807, 2.05) is 43.5 Å². The molecule has 0 aliphatic heterocycles. The van der Waals surface area contributed by atoms with Crippen LogP contribution in [0.5, 0.6) is 0 Å². The second-order valence-corrected chi connectivity index (χ2v) is 9.71. The van der Waals surface area contributed by atoms with Gasteiger partial charge >= 0.3 is 0 Å². The summed E-state index contributed by atoms with van der Waals surface area (Å²) in [4.78, 5) is 38.7. The van der Waals surface area contributed by atoms with E-state index in [0.29, 0.717) is 12.1 Å². The highest BCUT2D eigenvalue weighted by molar-refractivity contribution is 6.42. The maximum absolute atomic E-state index is 13.7. The van der Waals surface area contributed by atoms with Crippen LogP contribution in [0.4, 0.5) is 0 Å². The first kappa shape index (κ1) is 25.7. The number of Topliss-reactive ketones (excluding diaryl/α,β-unsaturated/α-hetero) is 1. The van der Waals surface area contributed by atoms with Crippen LogP contribution in [-0.2, 0) is 9.59 Å². The Hall–Kier alpha value is -3.39. The third-order valence-electron chi connectivity index (χ3n) is 7.46. The first-order valence-corrected chi connectivity index (χ1v) is 12.9. The Balaban J connectivity index is 1.61. The number of hydrogen-bond donors (Lipinski definition) is 4. The summed E-state index contributed by atoms with van der Waals surface area (Å²) >= 11 is 0. The van der Waals surface area contributed by atoms with E-state index in [1.54, 1.807) is 14.0 Å². The minimum absolute atomic E-state index is 0.00550. The fraction of sp³-hybridized carbons (Fsp3) is 0.464. The Morgan fingerprint density at radius 3 is 2.64 bits per heavy atom. The van der Waals surface area contributed by atoms with Gasteiger partial charge in [-0.15, -0.1) is 0 Å². The van der Waals surface area contributed by atoms with Gasteiger partial charge in [-0.2, -0.15) is 0 Å². The van der Waals surface area contributed by atoms with Crippen molar-refractivity contribution in [2.24, 2.45) is 5.92 Å². The molecule has 1 fully saturated rings. The number of nitrogens with one attached hydrogen (secondary N) is 4. The zero-order chi connectivity index (χ0) is 25.7. The molecule has 8 heteroatoms. The number of ketones is 1. The first-order valence-electron chi connectivity index (χ1n) is 12.9. The van der Waals surface area contributed by atoms with Gasteiger partial charge in [0.1, 0.15) is 6.33 Å². The number of para-hydroxylation sites is 1. The van der Waals surface area contributed by atoms with Gasteiger partial charge in [-0.25, -0.2) is 9.97 Å². The SMILES string of the molecule is CCC(C(=N)C(=O)C(NC(=O)C(C)NC)C1CCCCC1)c1cc(-c2c[nH]c3ccccc23)ncn1. The number of hydrogen-bond acceptors (Lipinski definition) is 6. The molecule has 0 bridgehead atoms. The number of aromatic amines is 1. The quantitative estimate of drug-likeness (QED) is 0.315. The predicted molar refractivity (Wildman–Crippen MR) is 142 cm³/mol. The number of nitrogens with zero attached hydrogens (tertiary/aromatic N) is 2. The van der Waals surface area contributed by atoms with E-state index < -0.39 is 18.0 Å². The average molecular weight is 489 g/mol. The molecule has 2 aromatic heterocycles. The maximum Gasteiger partial charge on any atom is 0.237 e. The van der Waals surface area contributed by atoms with Gasteiger partial charge in [0.15, 0.2) is 5.78 Å². The Bertz CT molecular complexity index is 1230. The van der Waals surface area contributed by atoms with Gasteiger partial charge in [-0.3, -0.25) is 9.59 Å². The lowest BCUT2D eigenvalue weighted by atomic mass is 9.79. The highest BCUT2D eigenvalue weighted by Gasteiger charge is 2.36. The Kier molecular flexibility index (Phi) is 8.25. The van der Waals surface area contributed by atoms with Crippen LogP contribution < -0.4 is 10.6 Å². The van der Waals surface area contributed by atoms with Crippen LogP contribution in [-0.4, -0.2) is 51.5 Å². The predicted octanol–water partition coefficient (Wildman–Crippen LogP) is 4.38. The van der Waals surface area contributed by atoms with Gasteiger partial charge < -0.3 is 21.0 Å². The van der Waals surface area contributed by atoms with Crippen LogP contribution in [0.15, 0.2) is 42.9 Å². The van der Waals surface area contributed by atoms with Crippen molar-refractivity contribution in [3.8, 4) is 11.3 Å². The molecule has 36 heavy (non-hydrogen) atoms. The molecule has 0 saturated heterocycles. The van der Waals surface area contributed by atoms with Crippen LogP contribution >= 0.6 is 0 Å². The fourth-order valence-electron chi connectivity index (χ4n) is 5.17. The fourth-order valence-corrected chi connectivity index (χ4v) is 5.17. The van der Waals surface area contributed by atoms with Crippen LogP contribution in [0.3, 0.4) is 0 Å². The van der Waals surface area contributed by atoms with Crippen molar-refractivity contribution in [3.05, 3.63) is 48.5 Å². The topological polar surface area (TPSA) is 124 Å². The van der Waals surface area contributed by atoms with Gasteiger partial charge in [0.25, 0.3) is 0 Å². The molecular weight excluding hydrogens is 452 g/mol. The normalized spacial score (nSPS) is 16.9. The second-order valence-electron chi connectivity index (χ2n) is 9.71. The number of carbonyl (C=O) groups is 2. The van der Waals surface area contributed by atoms with Crippen molar-refractivity contribution in [2.75, 3.05) is 7.05 Å². The van der Waals surface area contributed by atoms with Crippen LogP contribution in [0.25, 0.3) is 22.2 Å². The molecular formula is C28H36N6O2. The minimum Gasteiger partial charge on any atom is -0.360 e. The highest BCUT2D eigenvalue weighted by Crippen LogP contribution is 2.31. The maximum atomic E-state index is 13.7. The van der Waals surface area contributed by atoms with Crippen molar-refractivity contribution in [3.63, 3.8) is 0 Å². The largest absolute Gasteiger partial charge is 0.360 e. The molecule has 4 rings (SSSR count). The number of benzene rings is 1. The summed E-state index contributed by atoms with van der Waals surface area (Å²) < 4.78 is 0. The van der Waals surface area contributed by atoms with Crippen LogP contribution in [0, 0.1) is 11.3 Å². The second kappa shape index (κ2) is 11.6. The molecule has 1 saturated carbocycles. The molecule has 3 atom stereocenters. The number of carbonyl (C=O) groups excluding carboxylic acids is 2. The van der Waals surface area contributed by atoms with Crippen molar-refractivity contribution in [1.29, 1.82) is 5.41 Å². The van der Waals surface area contributed by atoms with Crippen LogP contribution in [0.2, 0.25) is 0 Å². The third-order valence-corrected chi connectivity index (χ3v) is 7.46. The molecule has 4 N–H and O–H groups in total. The standard InChI is InChI=1S/C28H36N6O2/c1-4-19(23-14-24(33-16-32-23)21-15-31-22-13-9-8-12-20(21)22)25(29)27(35)26(18-10-6-5-7-11-18)34-28(36)17(2)30-3/h8-9,12-19,26,29-31H,4-7,10-11H2,1-3H3,(H,34,36). The van der Waals surface area contributed by atoms with Gasteiger partial charge in [-0.05, 0) is 51.3 Å². The number of H-pyrrole nitrogens is 1. The summed E-state index contributed by atoms with van der Waals surface area (Å²) in [6.45, 7) is 3.72. The molecule has 3 aromatic rings. The number of aromatic nitrogens is 3. The van der Waals surface area contributed by atoms with E-state index in [1.165, 1.54) is 6.33 Å². The summed E-state index contributed by atoms with van der Waals surface area (Å²) in [6, 6.07) is 8.79. The summed E-state index contributed by atoms with van der Waals surface area (Å²) in [5.74, 6) is -0.956. The van der Waals surface area contributed by atoms with Crippen molar-refractivity contribution < 1.29 is 9.59 Å². The molecule has 3 unspecified atom stereocenters. The monoisotopic (exact) mass is 488 g/mol. The van der Waals surface area contributed by atoms with Crippen LogP contribution in [0.1, 0.15) is 64.0 Å². The molecule has 1 aromatic carbocycles.